The maximum atomic E-state index is 12.3. The number of aryl methyl sites for hydroxylation is 2. The molecular formula is C16H14N4O2S. The van der Waals surface area contributed by atoms with Crippen molar-refractivity contribution in [1.29, 1.82) is 0 Å². The molecule has 23 heavy (non-hydrogen) atoms. The van der Waals surface area contributed by atoms with Gasteiger partial charge in [-0.25, -0.2) is 4.98 Å². The summed E-state index contributed by atoms with van der Waals surface area (Å²) in [5, 5.41) is 3.42. The van der Waals surface area contributed by atoms with Gasteiger partial charge in [0.1, 0.15) is 4.83 Å². The van der Waals surface area contributed by atoms with Gasteiger partial charge in [0, 0.05) is 23.8 Å². The zero-order valence-corrected chi connectivity index (χ0v) is 13.1. The van der Waals surface area contributed by atoms with E-state index >= 15 is 0 Å². The van der Waals surface area contributed by atoms with Crippen molar-refractivity contribution in [1.82, 2.24) is 20.3 Å². The van der Waals surface area contributed by atoms with Crippen LogP contribution < -0.4 is 10.9 Å². The third kappa shape index (κ3) is 2.53. The molecule has 2 N–H and O–H groups in total. The van der Waals surface area contributed by atoms with E-state index in [1.54, 1.807) is 12.4 Å². The van der Waals surface area contributed by atoms with Crippen LogP contribution in [-0.2, 0) is 19.4 Å². The lowest BCUT2D eigenvalue weighted by Crippen LogP contribution is -2.27. The van der Waals surface area contributed by atoms with E-state index in [0.717, 1.165) is 30.4 Å². The van der Waals surface area contributed by atoms with E-state index in [0.29, 0.717) is 16.8 Å². The average Bonchev–Trinajstić information content (AvgIpc) is 3.13. The third-order valence-corrected chi connectivity index (χ3v) is 5.18. The van der Waals surface area contributed by atoms with E-state index in [2.05, 4.69) is 20.3 Å². The summed E-state index contributed by atoms with van der Waals surface area (Å²) in [6, 6.07) is 3.65. The van der Waals surface area contributed by atoms with Gasteiger partial charge in [-0.1, -0.05) is 0 Å². The van der Waals surface area contributed by atoms with Gasteiger partial charge in [-0.15, -0.1) is 11.3 Å². The predicted molar refractivity (Wildman–Crippen MR) is 87.7 cm³/mol. The highest BCUT2D eigenvalue weighted by Crippen LogP contribution is 2.34. The van der Waals surface area contributed by atoms with Crippen LogP contribution in [0.15, 0.2) is 29.3 Å². The zero-order valence-electron chi connectivity index (χ0n) is 12.3. The van der Waals surface area contributed by atoms with Gasteiger partial charge in [0.15, 0.2) is 0 Å². The van der Waals surface area contributed by atoms with Crippen LogP contribution in [0.2, 0.25) is 0 Å². The van der Waals surface area contributed by atoms with Crippen molar-refractivity contribution < 1.29 is 4.79 Å². The number of aromatic amines is 1. The number of carbonyl (C=O) groups excluding carboxylic acids is 1. The Balaban J connectivity index is 1.62. The number of fused-ring (bicyclic) bond motifs is 3. The molecular weight excluding hydrogens is 312 g/mol. The SMILES string of the molecule is O=C(NCc1ccncc1)c1nc2sc3c(c2c(=O)[nH]1)CCC3. The lowest BCUT2D eigenvalue weighted by atomic mass is 10.2. The van der Waals surface area contributed by atoms with Gasteiger partial charge in [0.25, 0.3) is 11.5 Å². The minimum atomic E-state index is -0.380. The molecule has 0 aromatic carbocycles. The Kier molecular flexibility index (Phi) is 3.42. The molecule has 0 bridgehead atoms. The second-order valence-corrected chi connectivity index (χ2v) is 6.57. The minimum absolute atomic E-state index is 0.0662. The van der Waals surface area contributed by atoms with Crippen molar-refractivity contribution in [3.8, 4) is 0 Å². The molecule has 0 saturated carbocycles. The third-order valence-electron chi connectivity index (χ3n) is 3.99. The highest BCUT2D eigenvalue weighted by molar-refractivity contribution is 7.18. The van der Waals surface area contributed by atoms with Gasteiger partial charge in [-0.3, -0.25) is 14.6 Å². The summed E-state index contributed by atoms with van der Waals surface area (Å²) in [6.07, 6.45) is 6.35. The average molecular weight is 326 g/mol. The summed E-state index contributed by atoms with van der Waals surface area (Å²) in [7, 11) is 0. The number of aromatic nitrogens is 3. The van der Waals surface area contributed by atoms with Gasteiger partial charge in [-0.2, -0.15) is 0 Å². The number of nitrogens with zero attached hydrogens (tertiary/aromatic N) is 2. The molecule has 3 heterocycles. The smallest absolute Gasteiger partial charge is 0.287 e. The highest BCUT2D eigenvalue weighted by Gasteiger charge is 2.22. The fraction of sp³-hybridized carbons (Fsp3) is 0.250. The Labute approximate surface area is 135 Å². The van der Waals surface area contributed by atoms with E-state index in [1.807, 2.05) is 12.1 Å². The second-order valence-electron chi connectivity index (χ2n) is 5.49. The number of hydrogen-bond acceptors (Lipinski definition) is 5. The lowest BCUT2D eigenvalue weighted by Gasteiger charge is -2.04. The molecule has 3 aromatic heterocycles. The summed E-state index contributed by atoms with van der Waals surface area (Å²) in [4.78, 5) is 37.3. The molecule has 116 valence electrons. The minimum Gasteiger partial charge on any atom is -0.345 e. The van der Waals surface area contributed by atoms with Crippen LogP contribution in [0.1, 0.15) is 33.0 Å². The molecule has 0 fully saturated rings. The van der Waals surface area contributed by atoms with Crippen LogP contribution in [0.4, 0.5) is 0 Å². The number of rotatable bonds is 3. The summed E-state index contributed by atoms with van der Waals surface area (Å²) < 4.78 is 0. The maximum Gasteiger partial charge on any atom is 0.287 e. The first kappa shape index (κ1) is 14.1. The Bertz CT molecular complexity index is 946. The molecule has 1 aliphatic rings. The number of nitrogens with one attached hydrogen (secondary N) is 2. The number of pyridine rings is 1. The second kappa shape index (κ2) is 5.58. The van der Waals surface area contributed by atoms with Gasteiger partial charge >= 0.3 is 0 Å². The first-order valence-corrected chi connectivity index (χ1v) is 8.25. The van der Waals surface area contributed by atoms with Crippen molar-refractivity contribution >= 4 is 27.5 Å². The number of amides is 1. The summed E-state index contributed by atoms with van der Waals surface area (Å²) in [6.45, 7) is 0.365. The van der Waals surface area contributed by atoms with E-state index in [9.17, 15) is 9.59 Å². The first-order valence-electron chi connectivity index (χ1n) is 7.44. The van der Waals surface area contributed by atoms with E-state index in [1.165, 1.54) is 16.2 Å². The maximum absolute atomic E-state index is 12.3. The molecule has 0 unspecified atom stereocenters. The van der Waals surface area contributed by atoms with Gasteiger partial charge in [-0.05, 0) is 42.5 Å². The molecule has 0 radical (unpaired) electrons. The van der Waals surface area contributed by atoms with Gasteiger partial charge in [0.05, 0.1) is 5.39 Å². The van der Waals surface area contributed by atoms with Crippen LogP contribution in [0.5, 0.6) is 0 Å². The molecule has 0 saturated heterocycles. The van der Waals surface area contributed by atoms with E-state index in [-0.39, 0.29) is 17.3 Å². The van der Waals surface area contributed by atoms with Gasteiger partial charge < -0.3 is 10.3 Å². The largest absolute Gasteiger partial charge is 0.345 e. The molecule has 6 nitrogen and oxygen atoms in total. The van der Waals surface area contributed by atoms with Crippen molar-refractivity contribution in [3.05, 3.63) is 56.7 Å². The molecule has 4 rings (SSSR count). The summed E-state index contributed by atoms with van der Waals surface area (Å²) >= 11 is 1.53. The zero-order chi connectivity index (χ0) is 15.8. The van der Waals surface area contributed by atoms with Crippen molar-refractivity contribution in [2.75, 3.05) is 0 Å². The standard InChI is InChI=1S/C16H14N4O2S/c21-14-12-10-2-1-3-11(10)23-16(12)20-13(19-14)15(22)18-8-9-4-6-17-7-5-9/h4-7H,1-3,8H2,(H,18,22)(H,19,20,21). The number of hydrogen-bond donors (Lipinski definition) is 2. The first-order chi connectivity index (χ1) is 11.2. The fourth-order valence-corrected chi connectivity index (χ4v) is 4.14. The Morgan fingerprint density at radius 1 is 1.30 bits per heavy atom. The number of H-pyrrole nitrogens is 1. The lowest BCUT2D eigenvalue weighted by molar-refractivity contribution is 0.0940. The quantitative estimate of drug-likeness (QED) is 0.768. The van der Waals surface area contributed by atoms with Crippen LogP contribution >= 0.6 is 11.3 Å². The summed E-state index contributed by atoms with van der Waals surface area (Å²) in [5.41, 5.74) is 1.83. The Morgan fingerprint density at radius 3 is 2.96 bits per heavy atom. The van der Waals surface area contributed by atoms with Crippen molar-refractivity contribution in [3.63, 3.8) is 0 Å². The number of thiophene rings is 1. The molecule has 0 spiro atoms. The van der Waals surface area contributed by atoms with Crippen LogP contribution in [0.3, 0.4) is 0 Å². The molecule has 7 heteroatoms. The van der Waals surface area contributed by atoms with Crippen molar-refractivity contribution in [2.45, 2.75) is 25.8 Å². The number of carbonyl (C=O) groups is 1. The monoisotopic (exact) mass is 326 g/mol. The molecule has 3 aromatic rings. The predicted octanol–water partition coefficient (Wildman–Crippen LogP) is 1.80. The van der Waals surface area contributed by atoms with E-state index < -0.39 is 0 Å². The molecule has 1 aliphatic carbocycles. The molecule has 1 amide bonds. The molecule has 0 aliphatic heterocycles. The highest BCUT2D eigenvalue weighted by atomic mass is 32.1. The summed E-state index contributed by atoms with van der Waals surface area (Å²) in [5.74, 6) is -0.314. The van der Waals surface area contributed by atoms with Crippen LogP contribution in [0, 0.1) is 0 Å². The van der Waals surface area contributed by atoms with Crippen LogP contribution in [0.25, 0.3) is 10.2 Å². The normalized spacial score (nSPS) is 13.2. The topological polar surface area (TPSA) is 87.7 Å². The Morgan fingerprint density at radius 2 is 2.13 bits per heavy atom. The van der Waals surface area contributed by atoms with Gasteiger partial charge in [0.2, 0.25) is 5.82 Å². The fourth-order valence-electron chi connectivity index (χ4n) is 2.88. The Hall–Kier alpha value is -2.54. The molecule has 0 atom stereocenters. The van der Waals surface area contributed by atoms with Crippen LogP contribution in [-0.4, -0.2) is 20.9 Å². The van der Waals surface area contributed by atoms with Crippen molar-refractivity contribution in [2.24, 2.45) is 0 Å². The van der Waals surface area contributed by atoms with E-state index in [4.69, 9.17) is 0 Å².